The zero-order valence-corrected chi connectivity index (χ0v) is 9.68. The van der Waals surface area contributed by atoms with Crippen LogP contribution in [-0.4, -0.2) is 28.6 Å². The number of carbonyl (C=O) groups excluding carboxylic acids is 1. The van der Waals surface area contributed by atoms with Crippen molar-refractivity contribution < 1.29 is 9.90 Å². The number of aliphatic hydroxyl groups excluding tert-OH is 1. The molecule has 1 amide bonds. The van der Waals surface area contributed by atoms with E-state index in [2.05, 4.69) is 10.3 Å². The van der Waals surface area contributed by atoms with Gasteiger partial charge in [0.1, 0.15) is 11.8 Å². The van der Waals surface area contributed by atoms with Crippen molar-refractivity contribution in [1.82, 2.24) is 10.3 Å². The van der Waals surface area contributed by atoms with Crippen molar-refractivity contribution in [3.63, 3.8) is 0 Å². The number of amides is 1. The molecule has 0 bridgehead atoms. The summed E-state index contributed by atoms with van der Waals surface area (Å²) in [6.07, 6.45) is 2.64. The molecular formula is C12H15N3O2. The lowest BCUT2D eigenvalue weighted by Crippen LogP contribution is -2.35. The molecule has 5 nitrogen and oxygen atoms in total. The van der Waals surface area contributed by atoms with Crippen LogP contribution < -0.4 is 5.32 Å². The predicted molar refractivity (Wildman–Crippen MR) is 62.2 cm³/mol. The SMILES string of the molecule is CCC(CCO)NC(=O)c1ccc(C#N)cn1. The van der Waals surface area contributed by atoms with Crippen molar-refractivity contribution in [2.75, 3.05) is 6.61 Å². The van der Waals surface area contributed by atoms with E-state index < -0.39 is 0 Å². The molecule has 1 unspecified atom stereocenters. The minimum Gasteiger partial charge on any atom is -0.396 e. The Morgan fingerprint density at radius 2 is 2.41 bits per heavy atom. The van der Waals surface area contributed by atoms with Crippen LogP contribution in [0, 0.1) is 11.3 Å². The number of hydrogen-bond acceptors (Lipinski definition) is 4. The molecule has 17 heavy (non-hydrogen) atoms. The first-order valence-corrected chi connectivity index (χ1v) is 5.49. The Balaban J connectivity index is 2.66. The molecule has 1 aromatic rings. The van der Waals surface area contributed by atoms with Gasteiger partial charge in [-0.05, 0) is 25.0 Å². The van der Waals surface area contributed by atoms with E-state index in [-0.39, 0.29) is 24.2 Å². The molecule has 0 aliphatic rings. The molecule has 0 fully saturated rings. The summed E-state index contributed by atoms with van der Waals surface area (Å²) in [7, 11) is 0. The normalized spacial score (nSPS) is 11.6. The number of aliphatic hydroxyl groups is 1. The van der Waals surface area contributed by atoms with E-state index in [1.165, 1.54) is 12.3 Å². The van der Waals surface area contributed by atoms with Gasteiger partial charge in [-0.15, -0.1) is 0 Å². The van der Waals surface area contributed by atoms with E-state index in [1.54, 1.807) is 6.07 Å². The summed E-state index contributed by atoms with van der Waals surface area (Å²) in [4.78, 5) is 15.7. The minimum atomic E-state index is -0.283. The summed E-state index contributed by atoms with van der Waals surface area (Å²) in [6, 6.07) is 4.95. The van der Waals surface area contributed by atoms with Crippen LogP contribution in [0.15, 0.2) is 18.3 Å². The summed E-state index contributed by atoms with van der Waals surface area (Å²) >= 11 is 0. The molecule has 0 aromatic carbocycles. The molecule has 0 saturated carbocycles. The monoisotopic (exact) mass is 233 g/mol. The molecule has 0 radical (unpaired) electrons. The molecule has 1 heterocycles. The topological polar surface area (TPSA) is 86.0 Å². The molecule has 1 aromatic heterocycles. The van der Waals surface area contributed by atoms with E-state index in [0.717, 1.165) is 6.42 Å². The zero-order chi connectivity index (χ0) is 12.7. The van der Waals surface area contributed by atoms with Crippen LogP contribution in [0.2, 0.25) is 0 Å². The Hall–Kier alpha value is -1.93. The average Bonchev–Trinajstić information content (AvgIpc) is 2.38. The van der Waals surface area contributed by atoms with Gasteiger partial charge in [0.25, 0.3) is 5.91 Å². The molecule has 0 spiro atoms. The van der Waals surface area contributed by atoms with Gasteiger partial charge in [0.15, 0.2) is 0 Å². The van der Waals surface area contributed by atoms with Crippen molar-refractivity contribution in [3.8, 4) is 6.07 Å². The van der Waals surface area contributed by atoms with Crippen molar-refractivity contribution in [2.45, 2.75) is 25.8 Å². The van der Waals surface area contributed by atoms with Gasteiger partial charge >= 0.3 is 0 Å². The quantitative estimate of drug-likeness (QED) is 0.789. The Morgan fingerprint density at radius 1 is 1.65 bits per heavy atom. The molecule has 1 atom stereocenters. The van der Waals surface area contributed by atoms with Crippen molar-refractivity contribution in [1.29, 1.82) is 5.26 Å². The molecule has 0 saturated heterocycles. The lowest BCUT2D eigenvalue weighted by Gasteiger charge is -2.15. The van der Waals surface area contributed by atoms with Gasteiger partial charge in [-0.1, -0.05) is 6.92 Å². The van der Waals surface area contributed by atoms with Gasteiger partial charge in [0.2, 0.25) is 0 Å². The van der Waals surface area contributed by atoms with Crippen LogP contribution in [0.1, 0.15) is 35.8 Å². The molecule has 0 aliphatic carbocycles. The summed E-state index contributed by atoms with van der Waals surface area (Å²) in [5.74, 6) is -0.283. The van der Waals surface area contributed by atoms with Crippen LogP contribution in [0.25, 0.3) is 0 Å². The molecule has 5 heteroatoms. The number of rotatable bonds is 5. The van der Waals surface area contributed by atoms with Gasteiger partial charge in [0, 0.05) is 18.8 Å². The highest BCUT2D eigenvalue weighted by Crippen LogP contribution is 2.02. The van der Waals surface area contributed by atoms with Crippen LogP contribution in [0.5, 0.6) is 0 Å². The first kappa shape index (κ1) is 13.1. The standard InChI is InChI=1S/C12H15N3O2/c1-2-10(5-6-16)15-12(17)11-4-3-9(7-13)8-14-11/h3-4,8,10,16H,2,5-6H2,1H3,(H,15,17). The van der Waals surface area contributed by atoms with Gasteiger partial charge in [-0.25, -0.2) is 4.98 Å². The van der Waals surface area contributed by atoms with Crippen LogP contribution in [-0.2, 0) is 0 Å². The highest BCUT2D eigenvalue weighted by Gasteiger charge is 2.12. The third-order valence-electron chi connectivity index (χ3n) is 2.43. The maximum absolute atomic E-state index is 11.8. The number of nitriles is 1. The molecular weight excluding hydrogens is 218 g/mol. The molecule has 90 valence electrons. The maximum Gasteiger partial charge on any atom is 0.270 e. The van der Waals surface area contributed by atoms with E-state index in [0.29, 0.717) is 12.0 Å². The first-order chi connectivity index (χ1) is 8.21. The number of carbonyl (C=O) groups is 1. The summed E-state index contributed by atoms with van der Waals surface area (Å²) in [5, 5.41) is 20.2. The number of pyridine rings is 1. The van der Waals surface area contributed by atoms with E-state index in [9.17, 15) is 4.79 Å². The fourth-order valence-corrected chi connectivity index (χ4v) is 1.39. The molecule has 0 aliphatic heterocycles. The predicted octanol–water partition coefficient (Wildman–Crippen LogP) is 0.844. The Bertz CT molecular complexity index is 409. The van der Waals surface area contributed by atoms with Crippen LogP contribution >= 0.6 is 0 Å². The van der Waals surface area contributed by atoms with Crippen molar-refractivity contribution in [2.24, 2.45) is 0 Å². The van der Waals surface area contributed by atoms with Gasteiger partial charge < -0.3 is 10.4 Å². The third-order valence-corrected chi connectivity index (χ3v) is 2.43. The maximum atomic E-state index is 11.8. The molecule has 1 rings (SSSR count). The van der Waals surface area contributed by atoms with Crippen LogP contribution in [0.4, 0.5) is 0 Å². The number of nitrogens with one attached hydrogen (secondary N) is 1. The fourth-order valence-electron chi connectivity index (χ4n) is 1.39. The highest BCUT2D eigenvalue weighted by atomic mass is 16.3. The first-order valence-electron chi connectivity index (χ1n) is 5.49. The highest BCUT2D eigenvalue weighted by molar-refractivity contribution is 5.92. The zero-order valence-electron chi connectivity index (χ0n) is 9.68. The molecule has 2 N–H and O–H groups in total. The second kappa shape index (κ2) is 6.61. The van der Waals surface area contributed by atoms with E-state index in [4.69, 9.17) is 10.4 Å². The Labute approximate surface area is 100 Å². The van der Waals surface area contributed by atoms with Gasteiger partial charge in [-0.3, -0.25) is 4.79 Å². The van der Waals surface area contributed by atoms with Gasteiger partial charge in [0.05, 0.1) is 5.56 Å². The number of aromatic nitrogens is 1. The van der Waals surface area contributed by atoms with E-state index in [1.807, 2.05) is 13.0 Å². The number of nitrogens with zero attached hydrogens (tertiary/aromatic N) is 2. The Kier molecular flexibility index (Phi) is 5.11. The summed E-state index contributed by atoms with van der Waals surface area (Å²) in [5.41, 5.74) is 0.698. The third kappa shape index (κ3) is 3.85. The van der Waals surface area contributed by atoms with Crippen molar-refractivity contribution in [3.05, 3.63) is 29.6 Å². The second-order valence-electron chi connectivity index (χ2n) is 3.63. The smallest absolute Gasteiger partial charge is 0.270 e. The fraction of sp³-hybridized carbons (Fsp3) is 0.417. The lowest BCUT2D eigenvalue weighted by atomic mass is 10.1. The number of hydrogen-bond donors (Lipinski definition) is 2. The average molecular weight is 233 g/mol. The minimum absolute atomic E-state index is 0.0413. The lowest BCUT2D eigenvalue weighted by molar-refractivity contribution is 0.0924. The summed E-state index contributed by atoms with van der Waals surface area (Å²) in [6.45, 7) is 1.98. The largest absolute Gasteiger partial charge is 0.396 e. The van der Waals surface area contributed by atoms with Crippen molar-refractivity contribution >= 4 is 5.91 Å². The van der Waals surface area contributed by atoms with Gasteiger partial charge in [-0.2, -0.15) is 5.26 Å². The second-order valence-corrected chi connectivity index (χ2v) is 3.63. The van der Waals surface area contributed by atoms with E-state index >= 15 is 0 Å². The van der Waals surface area contributed by atoms with Crippen LogP contribution in [0.3, 0.4) is 0 Å². The summed E-state index contributed by atoms with van der Waals surface area (Å²) < 4.78 is 0. The Morgan fingerprint density at radius 3 is 2.88 bits per heavy atom.